The van der Waals surface area contributed by atoms with Gasteiger partial charge in [0.1, 0.15) is 17.0 Å². The Kier molecular flexibility index (Phi) is 8.08. The molecule has 4 aromatic carbocycles. The van der Waals surface area contributed by atoms with E-state index in [1.54, 1.807) is 60.7 Å². The monoisotopic (exact) mass is 548 g/mol. The highest BCUT2D eigenvalue weighted by Crippen LogP contribution is 2.26. The van der Waals surface area contributed by atoms with Crippen molar-refractivity contribution in [2.45, 2.75) is 10.6 Å². The number of fused-ring (bicyclic) bond motifs is 1. The van der Waals surface area contributed by atoms with Crippen LogP contribution in [0.15, 0.2) is 129 Å². The van der Waals surface area contributed by atoms with Gasteiger partial charge in [0, 0.05) is 38.9 Å². The Hall–Kier alpha value is -5.08. The van der Waals surface area contributed by atoms with Crippen LogP contribution in [0.4, 0.5) is 5.69 Å². The van der Waals surface area contributed by atoms with Gasteiger partial charge in [0.25, 0.3) is 11.8 Å². The van der Waals surface area contributed by atoms with Crippen molar-refractivity contribution in [3.63, 3.8) is 0 Å². The predicted molar refractivity (Wildman–Crippen MR) is 157 cm³/mol. The molecule has 0 atom stereocenters. The summed E-state index contributed by atoms with van der Waals surface area (Å²) in [4.78, 5) is 39.2. The first-order valence-corrected chi connectivity index (χ1v) is 13.4. The van der Waals surface area contributed by atoms with Gasteiger partial charge in [-0.15, -0.1) is 11.8 Å². The molecule has 1 aromatic heterocycles. The number of benzene rings is 4. The minimum Gasteiger partial charge on any atom is -0.508 e. The summed E-state index contributed by atoms with van der Waals surface area (Å²) >= 11 is 1.45. The second-order valence-electron chi connectivity index (χ2n) is 8.84. The number of amides is 2. The maximum Gasteiger partial charge on any atom is 0.340 e. The lowest BCUT2D eigenvalue weighted by molar-refractivity contribution is -0.113. The van der Waals surface area contributed by atoms with Gasteiger partial charge in [-0.05, 0) is 66.2 Å². The molecule has 0 spiro atoms. The Morgan fingerprint density at radius 1 is 0.850 bits per heavy atom. The molecule has 2 amide bonds. The van der Waals surface area contributed by atoms with Crippen LogP contribution in [0.1, 0.15) is 21.5 Å². The van der Waals surface area contributed by atoms with Crippen LogP contribution in [0.25, 0.3) is 17.0 Å². The molecule has 40 heavy (non-hydrogen) atoms. The zero-order chi connectivity index (χ0) is 27.9. The van der Waals surface area contributed by atoms with Crippen LogP contribution in [0.2, 0.25) is 0 Å². The van der Waals surface area contributed by atoms with Crippen LogP contribution in [0.3, 0.4) is 0 Å². The van der Waals surface area contributed by atoms with Crippen molar-refractivity contribution < 1.29 is 19.1 Å². The second-order valence-corrected chi connectivity index (χ2v) is 9.89. The van der Waals surface area contributed by atoms with Crippen molar-refractivity contribution in [2.75, 3.05) is 5.32 Å². The quantitative estimate of drug-likeness (QED) is 0.121. The normalized spacial score (nSPS) is 11.2. The molecule has 7 nitrogen and oxygen atoms in total. The Morgan fingerprint density at radius 2 is 1.55 bits per heavy atom. The fraction of sp³-hybridized carbons (Fsp3) is 0.0312. The number of carbonyl (C=O) groups excluding carboxylic acids is 2. The maximum atomic E-state index is 13.2. The van der Waals surface area contributed by atoms with Gasteiger partial charge < -0.3 is 20.2 Å². The van der Waals surface area contributed by atoms with E-state index in [2.05, 4.69) is 10.6 Å². The number of phenols is 1. The van der Waals surface area contributed by atoms with E-state index in [1.807, 2.05) is 48.5 Å². The average Bonchev–Trinajstić information content (AvgIpc) is 2.97. The number of hydrogen-bond acceptors (Lipinski definition) is 6. The Bertz CT molecular complexity index is 1750. The molecule has 8 heteroatoms. The van der Waals surface area contributed by atoms with Crippen LogP contribution in [-0.4, -0.2) is 16.9 Å². The van der Waals surface area contributed by atoms with E-state index in [0.717, 1.165) is 15.8 Å². The number of aromatic hydroxyl groups is 1. The highest BCUT2D eigenvalue weighted by atomic mass is 32.2. The lowest BCUT2D eigenvalue weighted by Crippen LogP contribution is -2.30. The van der Waals surface area contributed by atoms with Crippen molar-refractivity contribution >= 4 is 46.3 Å². The van der Waals surface area contributed by atoms with E-state index in [4.69, 9.17) is 4.42 Å². The van der Waals surface area contributed by atoms with Gasteiger partial charge in [-0.2, -0.15) is 0 Å². The molecule has 0 aliphatic heterocycles. The zero-order valence-electron chi connectivity index (χ0n) is 21.2. The van der Waals surface area contributed by atoms with Gasteiger partial charge in [0.2, 0.25) is 0 Å². The van der Waals surface area contributed by atoms with Crippen molar-refractivity contribution in [3.8, 4) is 5.75 Å². The molecule has 0 saturated carbocycles. The standard InChI is InChI=1S/C32H24N2O5S/c35-26-14-11-23-18-24(32(38)39-29(23)19-26)20-40-27-15-12-25(13-16-27)33-31(37)28(17-21-7-3-1-4-8-21)34-30(36)22-9-5-2-6-10-22/h1-19,35H,20H2,(H,33,37)(H,34,36)/b28-17-. The first-order chi connectivity index (χ1) is 19.4. The smallest absolute Gasteiger partial charge is 0.340 e. The van der Waals surface area contributed by atoms with Crippen LogP contribution >= 0.6 is 11.8 Å². The third-order valence-corrected chi connectivity index (χ3v) is 7.00. The molecule has 0 saturated heterocycles. The molecule has 3 N–H and O–H groups in total. The van der Waals surface area contributed by atoms with Crippen molar-refractivity contribution in [1.82, 2.24) is 5.32 Å². The van der Waals surface area contributed by atoms with E-state index in [9.17, 15) is 19.5 Å². The minimum absolute atomic E-state index is 0.0335. The fourth-order valence-electron chi connectivity index (χ4n) is 3.90. The van der Waals surface area contributed by atoms with E-state index in [1.165, 1.54) is 17.8 Å². The molecule has 0 radical (unpaired) electrons. The number of phenolic OH excluding ortho intramolecular Hbond substituents is 1. The van der Waals surface area contributed by atoms with Crippen LogP contribution in [-0.2, 0) is 10.5 Å². The lowest BCUT2D eigenvalue weighted by Gasteiger charge is -2.12. The van der Waals surface area contributed by atoms with Crippen LogP contribution in [0, 0.1) is 0 Å². The summed E-state index contributed by atoms with van der Waals surface area (Å²) in [6.45, 7) is 0. The molecule has 0 unspecified atom stereocenters. The number of thioether (sulfide) groups is 1. The molecule has 5 rings (SSSR count). The first kappa shape index (κ1) is 26.5. The molecule has 1 heterocycles. The molecule has 5 aromatic rings. The third-order valence-electron chi connectivity index (χ3n) is 5.94. The largest absolute Gasteiger partial charge is 0.508 e. The first-order valence-electron chi connectivity index (χ1n) is 12.4. The van der Waals surface area contributed by atoms with E-state index >= 15 is 0 Å². The van der Waals surface area contributed by atoms with Crippen LogP contribution in [0.5, 0.6) is 5.75 Å². The summed E-state index contributed by atoms with van der Waals surface area (Å²) < 4.78 is 5.33. The summed E-state index contributed by atoms with van der Waals surface area (Å²) in [5.41, 5.74) is 2.24. The highest BCUT2D eigenvalue weighted by molar-refractivity contribution is 7.98. The molecule has 0 aliphatic rings. The van der Waals surface area contributed by atoms with Crippen LogP contribution < -0.4 is 16.3 Å². The van der Waals surface area contributed by atoms with Gasteiger partial charge in [0.15, 0.2) is 0 Å². The predicted octanol–water partition coefficient (Wildman–Crippen LogP) is 6.20. The van der Waals surface area contributed by atoms with E-state index < -0.39 is 11.5 Å². The Labute approximate surface area is 234 Å². The molecule has 0 fully saturated rings. The number of carbonyl (C=O) groups is 2. The van der Waals surface area contributed by atoms with E-state index in [0.29, 0.717) is 28.2 Å². The maximum absolute atomic E-state index is 13.2. The number of nitrogens with one attached hydrogen (secondary N) is 2. The van der Waals surface area contributed by atoms with Gasteiger partial charge >= 0.3 is 5.63 Å². The van der Waals surface area contributed by atoms with Crippen molar-refractivity contribution in [2.24, 2.45) is 0 Å². The van der Waals surface area contributed by atoms with Crippen molar-refractivity contribution in [3.05, 3.63) is 142 Å². The number of rotatable bonds is 8. The topological polar surface area (TPSA) is 109 Å². The summed E-state index contributed by atoms with van der Waals surface area (Å²) in [5, 5.41) is 15.9. The Morgan fingerprint density at radius 3 is 2.27 bits per heavy atom. The molecule has 0 bridgehead atoms. The SMILES string of the molecule is O=C(Nc1ccc(SCc2cc3ccc(O)cc3oc2=O)cc1)/C(=C/c1ccccc1)NC(=O)c1ccccc1. The second kappa shape index (κ2) is 12.2. The number of hydrogen-bond donors (Lipinski definition) is 3. The molecule has 198 valence electrons. The zero-order valence-corrected chi connectivity index (χ0v) is 22.0. The van der Waals surface area contributed by atoms with Crippen molar-refractivity contribution in [1.29, 1.82) is 0 Å². The minimum atomic E-state index is -0.464. The summed E-state index contributed by atoms with van der Waals surface area (Å²) in [6.07, 6.45) is 1.62. The van der Waals surface area contributed by atoms with Gasteiger partial charge in [0.05, 0.1) is 0 Å². The fourth-order valence-corrected chi connectivity index (χ4v) is 4.75. The summed E-state index contributed by atoms with van der Waals surface area (Å²) in [6, 6.07) is 31.5. The molecular formula is C32H24N2O5S. The molecular weight excluding hydrogens is 524 g/mol. The van der Waals surface area contributed by atoms with Gasteiger partial charge in [-0.25, -0.2) is 4.79 Å². The average molecular weight is 549 g/mol. The van der Waals surface area contributed by atoms with E-state index in [-0.39, 0.29) is 17.4 Å². The number of anilines is 1. The Balaban J connectivity index is 1.27. The van der Waals surface area contributed by atoms with Gasteiger partial charge in [-0.1, -0.05) is 48.5 Å². The lowest BCUT2D eigenvalue weighted by atomic mass is 10.1. The highest BCUT2D eigenvalue weighted by Gasteiger charge is 2.15. The molecule has 0 aliphatic carbocycles. The summed E-state index contributed by atoms with van der Waals surface area (Å²) in [7, 11) is 0. The van der Waals surface area contributed by atoms with Gasteiger partial charge in [-0.3, -0.25) is 9.59 Å². The summed E-state index contributed by atoms with van der Waals surface area (Å²) in [5.74, 6) is -0.431. The third kappa shape index (κ3) is 6.67.